The molecule has 4 rings (SSSR count). The minimum Gasteiger partial charge on any atom is -0.482 e. The van der Waals surface area contributed by atoms with Crippen molar-refractivity contribution in [2.45, 2.75) is 11.9 Å². The van der Waals surface area contributed by atoms with Gasteiger partial charge >= 0.3 is 0 Å². The number of anilines is 1. The fraction of sp³-hybridized carbons (Fsp3) is 0.158. The van der Waals surface area contributed by atoms with Crippen molar-refractivity contribution in [2.24, 2.45) is 0 Å². The summed E-state index contributed by atoms with van der Waals surface area (Å²) in [6, 6.07) is 12.8. The van der Waals surface area contributed by atoms with Crippen LogP contribution in [0.3, 0.4) is 0 Å². The number of carbonyl (C=O) groups excluding carboxylic acids is 2. The van der Waals surface area contributed by atoms with E-state index >= 15 is 0 Å². The summed E-state index contributed by atoms with van der Waals surface area (Å²) >= 11 is 1.39. The molecule has 6 nitrogen and oxygen atoms in total. The molecule has 1 N–H and O–H groups in total. The number of aryl methyl sites for hydroxylation is 1. The number of amides is 1. The molecule has 0 atom stereocenters. The molecule has 26 heavy (non-hydrogen) atoms. The van der Waals surface area contributed by atoms with Gasteiger partial charge in [-0.25, -0.2) is 9.97 Å². The van der Waals surface area contributed by atoms with Crippen molar-refractivity contribution in [3.8, 4) is 5.75 Å². The summed E-state index contributed by atoms with van der Waals surface area (Å²) in [6.07, 6.45) is 0. The number of rotatable bonds is 4. The number of thioether (sulfide) groups is 1. The highest BCUT2D eigenvalue weighted by atomic mass is 32.2. The van der Waals surface area contributed by atoms with Gasteiger partial charge in [-0.3, -0.25) is 9.59 Å². The van der Waals surface area contributed by atoms with Crippen LogP contribution < -0.4 is 10.1 Å². The first-order valence-electron chi connectivity index (χ1n) is 8.06. The van der Waals surface area contributed by atoms with Gasteiger partial charge in [0.05, 0.1) is 17.0 Å². The quantitative estimate of drug-likeness (QED) is 0.434. The van der Waals surface area contributed by atoms with Gasteiger partial charge in [0, 0.05) is 10.9 Å². The lowest BCUT2D eigenvalue weighted by molar-refractivity contribution is -0.118. The van der Waals surface area contributed by atoms with Crippen LogP contribution in [0.1, 0.15) is 16.2 Å². The predicted octanol–water partition coefficient (Wildman–Crippen LogP) is 3.24. The number of nitrogens with zero attached hydrogens (tertiary/aromatic N) is 2. The maximum Gasteiger partial charge on any atom is 0.262 e. The number of Topliss-reactive ketones (excluding diaryl/α,β-unsaturated/α-hetero) is 1. The van der Waals surface area contributed by atoms with E-state index in [1.165, 1.54) is 11.8 Å². The fourth-order valence-corrected chi connectivity index (χ4v) is 3.70. The minimum absolute atomic E-state index is 0.00369. The van der Waals surface area contributed by atoms with Crippen molar-refractivity contribution < 1.29 is 14.3 Å². The van der Waals surface area contributed by atoms with Gasteiger partial charge in [-0.05, 0) is 31.2 Å². The number of para-hydroxylation sites is 1. The molecule has 0 aliphatic carbocycles. The zero-order valence-electron chi connectivity index (χ0n) is 14.0. The molecule has 7 heteroatoms. The normalized spacial score (nSPS) is 13.0. The third-order valence-electron chi connectivity index (χ3n) is 3.95. The number of hydrogen-bond donors (Lipinski definition) is 1. The Bertz CT molecular complexity index is 1040. The Balaban J connectivity index is 1.55. The second-order valence-electron chi connectivity index (χ2n) is 5.85. The molecule has 0 saturated carbocycles. The zero-order chi connectivity index (χ0) is 18.1. The van der Waals surface area contributed by atoms with Crippen LogP contribution in [0.25, 0.3) is 10.9 Å². The molecule has 1 aliphatic heterocycles. The summed E-state index contributed by atoms with van der Waals surface area (Å²) in [4.78, 5) is 32.9. The number of nitrogens with one attached hydrogen (secondary N) is 1. The van der Waals surface area contributed by atoms with Gasteiger partial charge in [0.15, 0.2) is 12.4 Å². The van der Waals surface area contributed by atoms with Gasteiger partial charge in [0.2, 0.25) is 0 Å². The average Bonchev–Trinajstić information content (AvgIpc) is 2.65. The van der Waals surface area contributed by atoms with E-state index < -0.39 is 0 Å². The smallest absolute Gasteiger partial charge is 0.262 e. The molecule has 0 spiro atoms. The van der Waals surface area contributed by atoms with E-state index in [0.29, 0.717) is 22.8 Å². The molecule has 130 valence electrons. The molecule has 0 radical (unpaired) electrons. The molecule has 0 bridgehead atoms. The lowest BCUT2D eigenvalue weighted by Crippen LogP contribution is -2.25. The van der Waals surface area contributed by atoms with E-state index in [4.69, 9.17) is 4.74 Å². The lowest BCUT2D eigenvalue weighted by atomic mass is 10.1. The monoisotopic (exact) mass is 365 g/mol. The first-order chi connectivity index (χ1) is 12.6. The van der Waals surface area contributed by atoms with Gasteiger partial charge in [0.1, 0.15) is 16.6 Å². The Morgan fingerprint density at radius 2 is 2.08 bits per heavy atom. The maximum absolute atomic E-state index is 12.6. The largest absolute Gasteiger partial charge is 0.482 e. The minimum atomic E-state index is -0.223. The van der Waals surface area contributed by atoms with Gasteiger partial charge < -0.3 is 10.1 Å². The maximum atomic E-state index is 12.6. The molecule has 2 heterocycles. The summed E-state index contributed by atoms with van der Waals surface area (Å²) in [6.45, 7) is 1.83. The molecule has 3 aromatic rings. The van der Waals surface area contributed by atoms with Crippen LogP contribution >= 0.6 is 11.8 Å². The topological polar surface area (TPSA) is 81.2 Å². The first-order valence-corrected chi connectivity index (χ1v) is 9.05. The van der Waals surface area contributed by atoms with E-state index in [2.05, 4.69) is 15.3 Å². The van der Waals surface area contributed by atoms with Gasteiger partial charge in [0.25, 0.3) is 5.91 Å². The summed E-state index contributed by atoms with van der Waals surface area (Å²) < 4.78 is 5.32. The highest BCUT2D eigenvalue weighted by molar-refractivity contribution is 8.00. The van der Waals surface area contributed by atoms with E-state index in [0.717, 1.165) is 15.9 Å². The molecule has 0 saturated heterocycles. The van der Waals surface area contributed by atoms with E-state index in [1.807, 2.05) is 31.2 Å². The van der Waals surface area contributed by atoms with Crippen LogP contribution in [0.15, 0.2) is 47.5 Å². The van der Waals surface area contributed by atoms with Crippen molar-refractivity contribution >= 4 is 40.0 Å². The van der Waals surface area contributed by atoms with Gasteiger partial charge in [-0.2, -0.15) is 0 Å². The van der Waals surface area contributed by atoms with Crippen LogP contribution in [-0.2, 0) is 4.79 Å². The molecular weight excluding hydrogens is 350 g/mol. The Hall–Kier alpha value is -2.93. The summed E-state index contributed by atoms with van der Waals surface area (Å²) in [5.41, 5.74) is 1.92. The Morgan fingerprint density at radius 3 is 2.96 bits per heavy atom. The van der Waals surface area contributed by atoms with Crippen molar-refractivity contribution in [1.29, 1.82) is 0 Å². The van der Waals surface area contributed by atoms with Crippen molar-refractivity contribution in [2.75, 3.05) is 17.7 Å². The van der Waals surface area contributed by atoms with Crippen molar-refractivity contribution in [3.63, 3.8) is 0 Å². The number of fused-ring (bicyclic) bond motifs is 2. The number of aromatic nitrogens is 2. The molecule has 1 aliphatic rings. The predicted molar refractivity (Wildman–Crippen MR) is 99.9 cm³/mol. The first kappa shape index (κ1) is 16.5. The standard InChI is InChI=1S/C19H15N3O3S/c1-11-20-14-5-3-2-4-13(14)19(21-11)26-10-16(23)12-6-7-17-15(8-12)22-18(24)9-25-17/h2-8H,9-10H2,1H3,(H,22,24). The van der Waals surface area contributed by atoms with Crippen LogP contribution in [0.2, 0.25) is 0 Å². The van der Waals surface area contributed by atoms with Gasteiger partial charge in [-0.15, -0.1) is 0 Å². The van der Waals surface area contributed by atoms with E-state index in [-0.39, 0.29) is 24.1 Å². The van der Waals surface area contributed by atoms with Gasteiger partial charge in [-0.1, -0.05) is 30.0 Å². The Morgan fingerprint density at radius 1 is 1.23 bits per heavy atom. The van der Waals surface area contributed by atoms with Crippen molar-refractivity contribution in [3.05, 3.63) is 53.9 Å². The third-order valence-corrected chi connectivity index (χ3v) is 4.95. The Kier molecular flexibility index (Phi) is 4.30. The number of benzene rings is 2. The highest BCUT2D eigenvalue weighted by Gasteiger charge is 2.18. The highest BCUT2D eigenvalue weighted by Crippen LogP contribution is 2.30. The summed E-state index contributed by atoms with van der Waals surface area (Å²) in [5, 5.41) is 4.44. The number of ketones is 1. The lowest BCUT2D eigenvalue weighted by Gasteiger charge is -2.18. The number of carbonyl (C=O) groups is 2. The molecule has 1 aromatic heterocycles. The van der Waals surface area contributed by atoms with Crippen LogP contribution in [0, 0.1) is 6.92 Å². The van der Waals surface area contributed by atoms with Crippen molar-refractivity contribution in [1.82, 2.24) is 9.97 Å². The van der Waals surface area contributed by atoms with E-state index in [1.54, 1.807) is 18.2 Å². The number of hydrogen-bond acceptors (Lipinski definition) is 6. The summed E-state index contributed by atoms with van der Waals surface area (Å²) in [5.74, 6) is 1.23. The molecule has 0 unspecified atom stereocenters. The number of ether oxygens (including phenoxy) is 1. The van der Waals surface area contributed by atoms with Crippen LogP contribution in [0.5, 0.6) is 5.75 Å². The van der Waals surface area contributed by atoms with E-state index in [9.17, 15) is 9.59 Å². The third kappa shape index (κ3) is 3.25. The van der Waals surface area contributed by atoms with Crippen LogP contribution in [-0.4, -0.2) is 34.0 Å². The average molecular weight is 365 g/mol. The van der Waals surface area contributed by atoms with Crippen LogP contribution in [0.4, 0.5) is 5.69 Å². The molecule has 2 aromatic carbocycles. The second kappa shape index (κ2) is 6.76. The summed E-state index contributed by atoms with van der Waals surface area (Å²) in [7, 11) is 0. The molecule has 0 fully saturated rings. The fourth-order valence-electron chi connectivity index (χ4n) is 2.74. The molecule has 1 amide bonds. The molecular formula is C19H15N3O3S. The second-order valence-corrected chi connectivity index (χ2v) is 6.82. The zero-order valence-corrected chi connectivity index (χ0v) is 14.8. The Labute approximate surface area is 154 Å². The SMILES string of the molecule is Cc1nc(SCC(=O)c2ccc3c(c2)NC(=O)CO3)c2ccccc2n1.